The van der Waals surface area contributed by atoms with Crippen molar-refractivity contribution in [1.29, 1.82) is 0 Å². The van der Waals surface area contributed by atoms with Crippen molar-refractivity contribution in [2.24, 2.45) is 0 Å². The number of hydrogen-bond donors (Lipinski definition) is 1. The van der Waals surface area contributed by atoms with Gasteiger partial charge in [-0.3, -0.25) is 4.98 Å². The summed E-state index contributed by atoms with van der Waals surface area (Å²) < 4.78 is 32.0. The summed E-state index contributed by atoms with van der Waals surface area (Å²) >= 11 is 0. The van der Waals surface area contributed by atoms with E-state index in [4.69, 9.17) is 4.74 Å². The lowest BCUT2D eigenvalue weighted by molar-refractivity contribution is 0.398. The molecule has 1 heterocycles. The maximum Gasteiger partial charge on any atom is 0.141 e. The van der Waals surface area contributed by atoms with Crippen molar-refractivity contribution < 1.29 is 13.5 Å². The van der Waals surface area contributed by atoms with E-state index in [1.807, 2.05) is 13.8 Å². The summed E-state index contributed by atoms with van der Waals surface area (Å²) in [5, 5.41) is 3.30. The summed E-state index contributed by atoms with van der Waals surface area (Å²) in [6.07, 6.45) is 1.15. The SMILES string of the molecule is COc1ccc(F)cc1C(NC(C)C)c1ccc(F)cn1. The lowest BCUT2D eigenvalue weighted by atomic mass is 10.0. The first-order valence-electron chi connectivity index (χ1n) is 6.72. The van der Waals surface area contributed by atoms with E-state index in [9.17, 15) is 8.78 Å². The Morgan fingerprint density at radius 3 is 2.38 bits per heavy atom. The lowest BCUT2D eigenvalue weighted by Crippen LogP contribution is -2.30. The fourth-order valence-corrected chi connectivity index (χ4v) is 2.16. The minimum Gasteiger partial charge on any atom is -0.496 e. The number of hydrogen-bond acceptors (Lipinski definition) is 3. The zero-order valence-electron chi connectivity index (χ0n) is 12.2. The van der Waals surface area contributed by atoms with Crippen LogP contribution in [0.5, 0.6) is 5.75 Å². The standard InChI is InChI=1S/C16H18F2N2O/c1-10(2)20-16(14-6-4-12(18)9-19-14)13-8-11(17)5-7-15(13)21-3/h4-10,16,20H,1-3H3. The molecular weight excluding hydrogens is 274 g/mol. The maximum absolute atomic E-state index is 13.6. The van der Waals surface area contributed by atoms with Crippen LogP contribution in [0.3, 0.4) is 0 Å². The highest BCUT2D eigenvalue weighted by atomic mass is 19.1. The topological polar surface area (TPSA) is 34.1 Å². The summed E-state index contributed by atoms with van der Waals surface area (Å²) in [4.78, 5) is 4.10. The molecule has 3 nitrogen and oxygen atoms in total. The van der Waals surface area contributed by atoms with Gasteiger partial charge in [0, 0.05) is 11.6 Å². The van der Waals surface area contributed by atoms with Gasteiger partial charge in [-0.25, -0.2) is 8.78 Å². The van der Waals surface area contributed by atoms with E-state index >= 15 is 0 Å². The smallest absolute Gasteiger partial charge is 0.141 e. The van der Waals surface area contributed by atoms with Gasteiger partial charge in [0.2, 0.25) is 0 Å². The number of benzene rings is 1. The molecule has 1 atom stereocenters. The molecule has 0 fully saturated rings. The number of aromatic nitrogens is 1. The van der Waals surface area contributed by atoms with Crippen LogP contribution >= 0.6 is 0 Å². The molecular formula is C16H18F2N2O. The fraction of sp³-hybridized carbons (Fsp3) is 0.312. The van der Waals surface area contributed by atoms with Gasteiger partial charge in [0.05, 0.1) is 25.0 Å². The van der Waals surface area contributed by atoms with Gasteiger partial charge >= 0.3 is 0 Å². The average Bonchev–Trinajstić information content (AvgIpc) is 2.45. The summed E-state index contributed by atoms with van der Waals surface area (Å²) in [5.41, 5.74) is 1.24. The number of nitrogens with zero attached hydrogens (tertiary/aromatic N) is 1. The highest BCUT2D eigenvalue weighted by molar-refractivity contribution is 5.40. The molecule has 0 saturated heterocycles. The predicted octanol–water partition coefficient (Wildman–Crippen LogP) is 3.46. The molecule has 1 unspecified atom stereocenters. The highest BCUT2D eigenvalue weighted by Gasteiger charge is 2.21. The van der Waals surface area contributed by atoms with E-state index in [1.165, 1.54) is 25.3 Å². The van der Waals surface area contributed by atoms with Crippen LogP contribution < -0.4 is 10.1 Å². The number of rotatable bonds is 5. The van der Waals surface area contributed by atoms with Crippen molar-refractivity contribution in [1.82, 2.24) is 10.3 Å². The monoisotopic (exact) mass is 292 g/mol. The largest absolute Gasteiger partial charge is 0.496 e. The molecule has 0 saturated carbocycles. The lowest BCUT2D eigenvalue weighted by Gasteiger charge is -2.23. The van der Waals surface area contributed by atoms with Crippen LogP contribution in [0.4, 0.5) is 8.78 Å². The number of methoxy groups -OCH3 is 1. The summed E-state index contributed by atoms with van der Waals surface area (Å²) in [6, 6.07) is 6.99. The molecule has 0 radical (unpaired) electrons. The highest BCUT2D eigenvalue weighted by Crippen LogP contribution is 2.30. The van der Waals surface area contributed by atoms with E-state index in [0.29, 0.717) is 17.0 Å². The zero-order valence-corrected chi connectivity index (χ0v) is 12.2. The van der Waals surface area contributed by atoms with Crippen LogP contribution in [0.2, 0.25) is 0 Å². The maximum atomic E-state index is 13.6. The Kier molecular flexibility index (Phi) is 4.85. The van der Waals surface area contributed by atoms with Crippen LogP contribution in [-0.4, -0.2) is 18.1 Å². The molecule has 1 aromatic heterocycles. The van der Waals surface area contributed by atoms with Gasteiger partial charge in [-0.05, 0) is 44.2 Å². The summed E-state index contributed by atoms with van der Waals surface area (Å²) in [5.74, 6) is -0.211. The second-order valence-corrected chi connectivity index (χ2v) is 5.04. The molecule has 1 aromatic carbocycles. The van der Waals surface area contributed by atoms with Gasteiger partial charge in [0.25, 0.3) is 0 Å². The van der Waals surface area contributed by atoms with Crippen molar-refractivity contribution in [2.75, 3.05) is 7.11 Å². The summed E-state index contributed by atoms with van der Waals surface area (Å²) in [7, 11) is 1.53. The van der Waals surface area contributed by atoms with Crippen LogP contribution in [0.15, 0.2) is 36.5 Å². The third kappa shape index (κ3) is 3.76. The molecule has 0 aliphatic rings. The normalized spacial score (nSPS) is 12.5. The second-order valence-electron chi connectivity index (χ2n) is 5.04. The first kappa shape index (κ1) is 15.4. The minimum atomic E-state index is -0.409. The zero-order chi connectivity index (χ0) is 15.4. The van der Waals surface area contributed by atoms with Crippen molar-refractivity contribution in [3.63, 3.8) is 0 Å². The van der Waals surface area contributed by atoms with Crippen LogP contribution in [-0.2, 0) is 0 Å². The molecule has 21 heavy (non-hydrogen) atoms. The predicted molar refractivity (Wildman–Crippen MR) is 77.3 cm³/mol. The van der Waals surface area contributed by atoms with Crippen molar-refractivity contribution in [3.8, 4) is 5.75 Å². The Morgan fingerprint density at radius 2 is 1.81 bits per heavy atom. The molecule has 0 aliphatic heterocycles. The van der Waals surface area contributed by atoms with E-state index in [2.05, 4.69) is 10.3 Å². The quantitative estimate of drug-likeness (QED) is 0.916. The summed E-state index contributed by atoms with van der Waals surface area (Å²) in [6.45, 7) is 3.95. The fourth-order valence-electron chi connectivity index (χ4n) is 2.16. The Hall–Kier alpha value is -2.01. The Labute approximate surface area is 123 Å². The molecule has 0 bridgehead atoms. The van der Waals surface area contributed by atoms with Gasteiger partial charge in [-0.1, -0.05) is 0 Å². The third-order valence-corrected chi connectivity index (χ3v) is 3.05. The number of ether oxygens (including phenoxy) is 1. The minimum absolute atomic E-state index is 0.134. The molecule has 112 valence electrons. The Morgan fingerprint density at radius 1 is 1.10 bits per heavy atom. The van der Waals surface area contributed by atoms with Crippen LogP contribution in [0, 0.1) is 11.6 Å². The molecule has 1 N–H and O–H groups in total. The second kappa shape index (κ2) is 6.63. The van der Waals surface area contributed by atoms with E-state index < -0.39 is 5.82 Å². The number of pyridine rings is 1. The van der Waals surface area contributed by atoms with Crippen LogP contribution in [0.25, 0.3) is 0 Å². The molecule has 2 aromatic rings. The molecule has 2 rings (SSSR count). The Balaban J connectivity index is 2.49. The Bertz CT molecular complexity index is 600. The molecule has 0 amide bonds. The number of halogens is 2. The first-order valence-corrected chi connectivity index (χ1v) is 6.72. The molecule has 5 heteroatoms. The van der Waals surface area contributed by atoms with Gasteiger partial charge < -0.3 is 10.1 Å². The third-order valence-electron chi connectivity index (χ3n) is 3.05. The van der Waals surface area contributed by atoms with E-state index in [-0.39, 0.29) is 17.9 Å². The average molecular weight is 292 g/mol. The van der Waals surface area contributed by atoms with Gasteiger partial charge in [-0.2, -0.15) is 0 Å². The van der Waals surface area contributed by atoms with Crippen LogP contribution in [0.1, 0.15) is 31.1 Å². The van der Waals surface area contributed by atoms with E-state index in [1.54, 1.807) is 12.1 Å². The van der Waals surface area contributed by atoms with Gasteiger partial charge in [0.15, 0.2) is 0 Å². The number of nitrogens with one attached hydrogen (secondary N) is 1. The van der Waals surface area contributed by atoms with Crippen molar-refractivity contribution in [3.05, 3.63) is 59.4 Å². The van der Waals surface area contributed by atoms with E-state index in [0.717, 1.165) is 6.20 Å². The van der Waals surface area contributed by atoms with Crippen molar-refractivity contribution >= 4 is 0 Å². The first-order chi connectivity index (χ1) is 10.0. The molecule has 0 spiro atoms. The van der Waals surface area contributed by atoms with Gasteiger partial charge in [0.1, 0.15) is 17.4 Å². The van der Waals surface area contributed by atoms with Crippen molar-refractivity contribution in [2.45, 2.75) is 25.9 Å². The van der Waals surface area contributed by atoms with Gasteiger partial charge in [-0.15, -0.1) is 0 Å². The molecule has 0 aliphatic carbocycles.